The molecule has 3 heteroatoms. The van der Waals surface area contributed by atoms with Gasteiger partial charge in [-0.05, 0) is 24.5 Å². The van der Waals surface area contributed by atoms with Crippen molar-refractivity contribution in [3.05, 3.63) is 42.5 Å². The van der Waals surface area contributed by atoms with Crippen molar-refractivity contribution >= 4 is 11.5 Å². The van der Waals surface area contributed by atoms with E-state index in [0.29, 0.717) is 13.2 Å². The number of carbonyl (C=O) groups is 1. The summed E-state index contributed by atoms with van der Waals surface area (Å²) in [5, 5.41) is 0. The summed E-state index contributed by atoms with van der Waals surface area (Å²) < 4.78 is 10.5. The molecule has 0 spiro atoms. The number of benzene rings is 1. The van der Waals surface area contributed by atoms with Crippen LogP contribution in [0.25, 0.3) is 5.57 Å². The maximum absolute atomic E-state index is 11.8. The van der Waals surface area contributed by atoms with Gasteiger partial charge in [-0.3, -0.25) is 0 Å². The molecule has 18 heavy (non-hydrogen) atoms. The number of ether oxygens (including phenoxy) is 2. The summed E-state index contributed by atoms with van der Waals surface area (Å²) in [4.78, 5) is 11.8. The topological polar surface area (TPSA) is 35.5 Å². The van der Waals surface area contributed by atoms with Gasteiger partial charge >= 0.3 is 5.97 Å². The molecule has 0 aromatic heterocycles. The number of carbonyl (C=O) groups excluding carboxylic acids is 1. The van der Waals surface area contributed by atoms with E-state index in [2.05, 4.69) is 6.58 Å². The highest BCUT2D eigenvalue weighted by Crippen LogP contribution is 2.33. The zero-order valence-electron chi connectivity index (χ0n) is 10.6. The third-order valence-electron chi connectivity index (χ3n) is 3.20. The Hall–Kier alpha value is -1.61. The molecule has 1 heterocycles. The number of rotatable bonds is 4. The van der Waals surface area contributed by atoms with E-state index in [4.69, 9.17) is 9.47 Å². The fraction of sp³-hybridized carbons (Fsp3) is 0.400. The van der Waals surface area contributed by atoms with Gasteiger partial charge in [-0.25, -0.2) is 4.79 Å². The lowest BCUT2D eigenvalue weighted by Crippen LogP contribution is -2.29. The molecule has 1 saturated heterocycles. The van der Waals surface area contributed by atoms with Crippen molar-refractivity contribution in [3.63, 3.8) is 0 Å². The van der Waals surface area contributed by atoms with Crippen LogP contribution in [-0.4, -0.2) is 25.3 Å². The summed E-state index contributed by atoms with van der Waals surface area (Å²) >= 11 is 0. The standard InChI is InChI=1S/C15H18O3/c1-3-17-15(16)14-13(9-10-18-14)11(2)12-7-5-4-6-8-12/h4-8,13-14H,2-3,9-10H2,1H3. The second-order valence-corrected chi connectivity index (χ2v) is 4.33. The molecule has 0 bridgehead atoms. The molecule has 0 aliphatic carbocycles. The van der Waals surface area contributed by atoms with Gasteiger partial charge in [0, 0.05) is 12.5 Å². The van der Waals surface area contributed by atoms with Gasteiger partial charge in [-0.15, -0.1) is 0 Å². The first-order chi connectivity index (χ1) is 8.74. The highest BCUT2D eigenvalue weighted by atomic mass is 16.6. The van der Waals surface area contributed by atoms with Gasteiger partial charge in [0.15, 0.2) is 6.10 Å². The molecule has 1 aliphatic rings. The molecular weight excluding hydrogens is 228 g/mol. The SMILES string of the molecule is C=C(c1ccccc1)C1CCOC1C(=O)OCC. The summed E-state index contributed by atoms with van der Waals surface area (Å²) in [6, 6.07) is 9.90. The van der Waals surface area contributed by atoms with Crippen molar-refractivity contribution < 1.29 is 14.3 Å². The van der Waals surface area contributed by atoms with E-state index in [0.717, 1.165) is 17.6 Å². The van der Waals surface area contributed by atoms with E-state index >= 15 is 0 Å². The Kier molecular flexibility index (Phi) is 4.15. The summed E-state index contributed by atoms with van der Waals surface area (Å²) in [7, 11) is 0. The van der Waals surface area contributed by atoms with Crippen LogP contribution in [0.5, 0.6) is 0 Å². The largest absolute Gasteiger partial charge is 0.464 e. The molecule has 1 fully saturated rings. The molecular formula is C15H18O3. The molecule has 96 valence electrons. The van der Waals surface area contributed by atoms with Crippen LogP contribution < -0.4 is 0 Å². The lowest BCUT2D eigenvalue weighted by molar-refractivity contribution is -0.154. The van der Waals surface area contributed by atoms with Crippen molar-refractivity contribution in [2.45, 2.75) is 19.4 Å². The minimum absolute atomic E-state index is 0.0199. The predicted octanol–water partition coefficient (Wildman–Crippen LogP) is 2.67. The Morgan fingerprint density at radius 1 is 1.44 bits per heavy atom. The minimum Gasteiger partial charge on any atom is -0.464 e. The Bertz CT molecular complexity index is 425. The van der Waals surface area contributed by atoms with Crippen LogP contribution in [0.3, 0.4) is 0 Å². The lowest BCUT2D eigenvalue weighted by atomic mass is 9.88. The van der Waals surface area contributed by atoms with Gasteiger partial charge in [0.1, 0.15) is 0 Å². The summed E-state index contributed by atoms with van der Waals surface area (Å²) in [6.07, 6.45) is 0.315. The molecule has 2 atom stereocenters. The Morgan fingerprint density at radius 2 is 2.17 bits per heavy atom. The highest BCUT2D eigenvalue weighted by molar-refractivity contribution is 5.80. The summed E-state index contributed by atoms with van der Waals surface area (Å²) in [6.45, 7) is 6.87. The zero-order valence-corrected chi connectivity index (χ0v) is 10.6. The summed E-state index contributed by atoms with van der Waals surface area (Å²) in [5.74, 6) is -0.261. The molecule has 1 aromatic carbocycles. The molecule has 0 amide bonds. The first-order valence-corrected chi connectivity index (χ1v) is 6.26. The van der Waals surface area contributed by atoms with Crippen molar-refractivity contribution in [2.24, 2.45) is 5.92 Å². The minimum atomic E-state index is -0.502. The molecule has 2 rings (SSSR count). The molecule has 0 N–H and O–H groups in total. The second kappa shape index (κ2) is 5.83. The van der Waals surface area contributed by atoms with Gasteiger partial charge in [-0.1, -0.05) is 36.9 Å². The number of esters is 1. The first kappa shape index (κ1) is 12.8. The second-order valence-electron chi connectivity index (χ2n) is 4.33. The maximum atomic E-state index is 11.8. The fourth-order valence-corrected chi connectivity index (χ4v) is 2.27. The van der Waals surface area contributed by atoms with Gasteiger partial charge in [0.05, 0.1) is 6.61 Å². The fourth-order valence-electron chi connectivity index (χ4n) is 2.27. The first-order valence-electron chi connectivity index (χ1n) is 6.26. The third-order valence-corrected chi connectivity index (χ3v) is 3.20. The van der Waals surface area contributed by atoms with Gasteiger partial charge in [0.2, 0.25) is 0 Å². The zero-order chi connectivity index (χ0) is 13.0. The average molecular weight is 246 g/mol. The Morgan fingerprint density at radius 3 is 2.83 bits per heavy atom. The quantitative estimate of drug-likeness (QED) is 0.766. The van der Waals surface area contributed by atoms with Crippen LogP contribution in [0.1, 0.15) is 18.9 Å². The van der Waals surface area contributed by atoms with Gasteiger partial charge < -0.3 is 9.47 Å². The molecule has 1 aliphatic heterocycles. The number of hydrogen-bond acceptors (Lipinski definition) is 3. The van der Waals surface area contributed by atoms with Crippen molar-refractivity contribution in [1.82, 2.24) is 0 Å². The van der Waals surface area contributed by atoms with Crippen LogP contribution in [0, 0.1) is 5.92 Å². The van der Waals surface area contributed by atoms with Crippen molar-refractivity contribution in [1.29, 1.82) is 0 Å². The molecule has 2 unspecified atom stereocenters. The average Bonchev–Trinajstić information content (AvgIpc) is 2.88. The van der Waals surface area contributed by atoms with E-state index in [1.807, 2.05) is 30.3 Å². The molecule has 1 aromatic rings. The number of hydrogen-bond donors (Lipinski definition) is 0. The van der Waals surface area contributed by atoms with Gasteiger partial charge in [0.25, 0.3) is 0 Å². The van der Waals surface area contributed by atoms with E-state index in [1.165, 1.54) is 0 Å². The molecule has 3 nitrogen and oxygen atoms in total. The van der Waals surface area contributed by atoms with E-state index in [9.17, 15) is 4.79 Å². The van der Waals surface area contributed by atoms with Crippen molar-refractivity contribution in [3.8, 4) is 0 Å². The highest BCUT2D eigenvalue weighted by Gasteiger charge is 2.37. The van der Waals surface area contributed by atoms with Crippen LogP contribution in [0.2, 0.25) is 0 Å². The monoisotopic (exact) mass is 246 g/mol. The van der Waals surface area contributed by atoms with Crippen molar-refractivity contribution in [2.75, 3.05) is 13.2 Å². The maximum Gasteiger partial charge on any atom is 0.335 e. The van der Waals surface area contributed by atoms with E-state index in [-0.39, 0.29) is 11.9 Å². The van der Waals surface area contributed by atoms with Crippen LogP contribution in [0.4, 0.5) is 0 Å². The predicted molar refractivity (Wildman–Crippen MR) is 70.0 cm³/mol. The normalized spacial score (nSPS) is 22.7. The van der Waals surface area contributed by atoms with Crippen LogP contribution in [0.15, 0.2) is 36.9 Å². The van der Waals surface area contributed by atoms with E-state index < -0.39 is 6.10 Å². The van der Waals surface area contributed by atoms with E-state index in [1.54, 1.807) is 6.92 Å². The van der Waals surface area contributed by atoms with Crippen LogP contribution in [-0.2, 0) is 14.3 Å². The third kappa shape index (κ3) is 2.62. The van der Waals surface area contributed by atoms with Crippen LogP contribution >= 0.6 is 0 Å². The Balaban J connectivity index is 2.12. The van der Waals surface area contributed by atoms with Gasteiger partial charge in [-0.2, -0.15) is 0 Å². The summed E-state index contributed by atoms with van der Waals surface area (Å²) in [5.41, 5.74) is 2.01. The molecule has 0 radical (unpaired) electrons. The molecule has 0 saturated carbocycles. The Labute approximate surface area is 107 Å². The lowest BCUT2D eigenvalue weighted by Gasteiger charge is -2.19. The smallest absolute Gasteiger partial charge is 0.335 e.